The fourth-order valence-corrected chi connectivity index (χ4v) is 3.99. The minimum Gasteiger partial charge on any atom is -0.354 e. The standard InChI is InChI=1S/C20H22ClFN6O/c1-2-12-8-24-17-15(12)18(27-11-26-17)28-7-6-20(23,10-28)9-25-19(29)13-4-3-5-14(22)16(13)21/h3-5,8,11H,2,6-7,9-10,23H2,1H3,(H,25,29)(H,24,26,27)/t20-/m0/s1. The average molecular weight is 417 g/mol. The Labute approximate surface area is 172 Å². The van der Waals surface area contributed by atoms with E-state index < -0.39 is 17.3 Å². The van der Waals surface area contributed by atoms with Crippen LogP contribution in [0.15, 0.2) is 30.7 Å². The molecule has 0 spiro atoms. The highest BCUT2D eigenvalue weighted by atomic mass is 35.5. The van der Waals surface area contributed by atoms with Crippen molar-refractivity contribution in [3.05, 3.63) is 52.7 Å². The summed E-state index contributed by atoms with van der Waals surface area (Å²) in [5, 5.41) is 3.62. The molecule has 3 heterocycles. The summed E-state index contributed by atoms with van der Waals surface area (Å²) in [6.07, 6.45) is 5.05. The van der Waals surface area contributed by atoms with Gasteiger partial charge in [0.05, 0.1) is 21.5 Å². The van der Waals surface area contributed by atoms with Crippen molar-refractivity contribution < 1.29 is 9.18 Å². The third-order valence-electron chi connectivity index (χ3n) is 5.39. The highest BCUT2D eigenvalue weighted by Crippen LogP contribution is 2.31. The van der Waals surface area contributed by atoms with Crippen molar-refractivity contribution in [1.82, 2.24) is 20.3 Å². The Bertz CT molecular complexity index is 1070. The number of carbonyl (C=O) groups excluding carboxylic acids is 1. The maximum absolute atomic E-state index is 13.6. The van der Waals surface area contributed by atoms with E-state index in [-0.39, 0.29) is 17.1 Å². The first kappa shape index (κ1) is 19.6. The number of aryl methyl sites for hydroxylation is 1. The number of halogens is 2. The second kappa shape index (κ2) is 7.61. The maximum atomic E-state index is 13.6. The van der Waals surface area contributed by atoms with E-state index >= 15 is 0 Å². The molecule has 0 unspecified atom stereocenters. The summed E-state index contributed by atoms with van der Waals surface area (Å²) in [4.78, 5) is 26.5. The Morgan fingerprint density at radius 1 is 1.45 bits per heavy atom. The molecule has 1 fully saturated rings. The number of fused-ring (bicyclic) bond motifs is 1. The fourth-order valence-electron chi connectivity index (χ4n) is 3.78. The number of anilines is 1. The zero-order valence-corrected chi connectivity index (χ0v) is 16.8. The summed E-state index contributed by atoms with van der Waals surface area (Å²) in [6.45, 7) is 3.58. The molecule has 152 valence electrons. The van der Waals surface area contributed by atoms with Crippen molar-refractivity contribution in [3.63, 3.8) is 0 Å². The zero-order chi connectivity index (χ0) is 20.6. The van der Waals surface area contributed by atoms with E-state index in [1.165, 1.54) is 24.5 Å². The highest BCUT2D eigenvalue weighted by molar-refractivity contribution is 6.34. The number of hydrogen-bond acceptors (Lipinski definition) is 5. The van der Waals surface area contributed by atoms with Crippen LogP contribution in [0.4, 0.5) is 10.2 Å². The third kappa shape index (κ3) is 3.65. The van der Waals surface area contributed by atoms with Crippen LogP contribution in [0.25, 0.3) is 11.0 Å². The van der Waals surface area contributed by atoms with Crippen molar-refractivity contribution in [2.24, 2.45) is 5.73 Å². The number of amides is 1. The lowest BCUT2D eigenvalue weighted by molar-refractivity contribution is 0.0944. The summed E-state index contributed by atoms with van der Waals surface area (Å²) < 4.78 is 13.6. The van der Waals surface area contributed by atoms with Crippen molar-refractivity contribution in [2.75, 3.05) is 24.5 Å². The molecule has 3 aromatic rings. The highest BCUT2D eigenvalue weighted by Gasteiger charge is 2.36. The van der Waals surface area contributed by atoms with E-state index in [1.54, 1.807) is 0 Å². The monoisotopic (exact) mass is 416 g/mol. The van der Waals surface area contributed by atoms with E-state index in [4.69, 9.17) is 17.3 Å². The quantitative estimate of drug-likeness (QED) is 0.593. The molecule has 9 heteroatoms. The van der Waals surface area contributed by atoms with Crippen LogP contribution in [0.5, 0.6) is 0 Å². The number of carbonyl (C=O) groups is 1. The van der Waals surface area contributed by atoms with Crippen molar-refractivity contribution in [1.29, 1.82) is 0 Å². The van der Waals surface area contributed by atoms with Gasteiger partial charge in [0.25, 0.3) is 5.91 Å². The molecule has 0 bridgehead atoms. The zero-order valence-electron chi connectivity index (χ0n) is 16.0. The van der Waals surface area contributed by atoms with Gasteiger partial charge < -0.3 is 20.9 Å². The predicted molar refractivity (Wildman–Crippen MR) is 111 cm³/mol. The van der Waals surface area contributed by atoms with E-state index in [0.29, 0.717) is 19.5 Å². The van der Waals surface area contributed by atoms with E-state index in [0.717, 1.165) is 28.8 Å². The largest absolute Gasteiger partial charge is 0.354 e. The molecule has 1 amide bonds. The van der Waals surface area contributed by atoms with Crippen LogP contribution >= 0.6 is 11.6 Å². The lowest BCUT2D eigenvalue weighted by Gasteiger charge is -2.26. The van der Waals surface area contributed by atoms with Crippen LogP contribution in [-0.4, -0.2) is 46.0 Å². The minimum absolute atomic E-state index is 0.0996. The van der Waals surface area contributed by atoms with Crippen molar-refractivity contribution in [2.45, 2.75) is 25.3 Å². The molecule has 4 N–H and O–H groups in total. The Kier molecular flexibility index (Phi) is 5.14. The first-order valence-corrected chi connectivity index (χ1v) is 9.86. The fraction of sp³-hybridized carbons (Fsp3) is 0.350. The van der Waals surface area contributed by atoms with Crippen LogP contribution in [-0.2, 0) is 6.42 Å². The lowest BCUT2D eigenvalue weighted by atomic mass is 10.00. The van der Waals surface area contributed by atoms with Crippen LogP contribution < -0.4 is 16.0 Å². The van der Waals surface area contributed by atoms with Gasteiger partial charge in [-0.25, -0.2) is 14.4 Å². The summed E-state index contributed by atoms with van der Waals surface area (Å²) >= 11 is 5.90. The van der Waals surface area contributed by atoms with Gasteiger partial charge in [0.1, 0.15) is 23.6 Å². The Morgan fingerprint density at radius 2 is 2.28 bits per heavy atom. The Balaban J connectivity index is 1.49. The van der Waals surface area contributed by atoms with Gasteiger partial charge in [-0.05, 0) is 30.5 Å². The topological polar surface area (TPSA) is 99.9 Å². The molecule has 1 aromatic carbocycles. The van der Waals surface area contributed by atoms with Crippen LogP contribution in [0.1, 0.15) is 29.3 Å². The van der Waals surface area contributed by atoms with Gasteiger partial charge in [-0.1, -0.05) is 24.6 Å². The molecule has 1 aliphatic heterocycles. The number of nitrogens with two attached hydrogens (primary N) is 1. The van der Waals surface area contributed by atoms with Crippen LogP contribution in [0.3, 0.4) is 0 Å². The second-order valence-corrected chi connectivity index (χ2v) is 7.78. The molecule has 0 saturated carbocycles. The smallest absolute Gasteiger partial charge is 0.252 e. The molecule has 1 atom stereocenters. The number of nitrogens with one attached hydrogen (secondary N) is 2. The maximum Gasteiger partial charge on any atom is 0.252 e. The summed E-state index contributed by atoms with van der Waals surface area (Å²) in [5.74, 6) is -0.221. The van der Waals surface area contributed by atoms with Crippen LogP contribution in [0, 0.1) is 5.82 Å². The van der Waals surface area contributed by atoms with E-state index in [2.05, 4.69) is 32.1 Å². The number of aromatic amines is 1. The van der Waals surface area contributed by atoms with Crippen molar-refractivity contribution in [3.8, 4) is 0 Å². The normalized spacial score (nSPS) is 19.1. The molecule has 0 radical (unpaired) electrons. The molecule has 2 aromatic heterocycles. The third-order valence-corrected chi connectivity index (χ3v) is 5.78. The summed E-state index contributed by atoms with van der Waals surface area (Å²) in [7, 11) is 0. The molecular weight excluding hydrogens is 395 g/mol. The number of rotatable bonds is 5. The Hall–Kier alpha value is -2.71. The molecule has 4 rings (SSSR count). The van der Waals surface area contributed by atoms with E-state index in [1.807, 2.05) is 6.20 Å². The SMILES string of the molecule is CCc1c[nH]c2ncnc(N3CC[C@](N)(CNC(=O)c4cccc(F)c4Cl)C3)c12. The summed E-state index contributed by atoms with van der Waals surface area (Å²) in [5.41, 5.74) is 7.98. The lowest BCUT2D eigenvalue weighted by Crippen LogP contribution is -2.52. The molecule has 29 heavy (non-hydrogen) atoms. The number of aromatic nitrogens is 3. The second-order valence-electron chi connectivity index (χ2n) is 7.41. The molecule has 1 aliphatic rings. The summed E-state index contributed by atoms with van der Waals surface area (Å²) in [6, 6.07) is 4.15. The number of hydrogen-bond donors (Lipinski definition) is 3. The van der Waals surface area contributed by atoms with Gasteiger partial charge in [0.2, 0.25) is 0 Å². The van der Waals surface area contributed by atoms with Gasteiger partial charge in [-0.15, -0.1) is 0 Å². The van der Waals surface area contributed by atoms with Gasteiger partial charge in [0.15, 0.2) is 0 Å². The van der Waals surface area contributed by atoms with Gasteiger partial charge in [-0.2, -0.15) is 0 Å². The minimum atomic E-state index is -0.630. The first-order chi connectivity index (χ1) is 13.9. The Morgan fingerprint density at radius 3 is 3.07 bits per heavy atom. The molecule has 0 aliphatic carbocycles. The predicted octanol–water partition coefficient (Wildman–Crippen LogP) is 2.65. The molecule has 7 nitrogen and oxygen atoms in total. The van der Waals surface area contributed by atoms with Gasteiger partial charge >= 0.3 is 0 Å². The van der Waals surface area contributed by atoms with Gasteiger partial charge in [-0.3, -0.25) is 4.79 Å². The van der Waals surface area contributed by atoms with Crippen molar-refractivity contribution >= 4 is 34.4 Å². The molecule has 1 saturated heterocycles. The first-order valence-electron chi connectivity index (χ1n) is 9.49. The van der Waals surface area contributed by atoms with E-state index in [9.17, 15) is 9.18 Å². The number of benzene rings is 1. The van der Waals surface area contributed by atoms with Gasteiger partial charge in [0, 0.05) is 25.8 Å². The average Bonchev–Trinajstić information content (AvgIpc) is 3.32. The molecular formula is C20H22ClFN6O. The number of nitrogens with zero attached hydrogens (tertiary/aromatic N) is 3. The van der Waals surface area contributed by atoms with Crippen LogP contribution in [0.2, 0.25) is 5.02 Å². The number of H-pyrrole nitrogens is 1.